The van der Waals surface area contributed by atoms with E-state index in [4.69, 9.17) is 0 Å². The van der Waals surface area contributed by atoms with Crippen LogP contribution in [-0.4, -0.2) is 29.0 Å². The van der Waals surface area contributed by atoms with Crippen LogP contribution in [0.4, 0.5) is 5.13 Å². The van der Waals surface area contributed by atoms with Crippen molar-refractivity contribution in [1.82, 2.24) is 9.97 Å². The number of aryl methyl sites for hydroxylation is 1. The van der Waals surface area contributed by atoms with Crippen molar-refractivity contribution in [3.05, 3.63) is 38.5 Å². The minimum atomic E-state index is -0.364. The van der Waals surface area contributed by atoms with E-state index in [2.05, 4.69) is 20.0 Å². The molecule has 0 saturated heterocycles. The van der Waals surface area contributed by atoms with Crippen LogP contribution >= 0.6 is 34.0 Å². The summed E-state index contributed by atoms with van der Waals surface area (Å²) in [7, 11) is 1.33. The van der Waals surface area contributed by atoms with Crippen molar-refractivity contribution in [3.63, 3.8) is 0 Å². The molecule has 1 amide bonds. The van der Waals surface area contributed by atoms with Gasteiger partial charge in [-0.05, 0) is 18.4 Å². The van der Waals surface area contributed by atoms with Gasteiger partial charge in [0.15, 0.2) is 5.13 Å². The summed E-state index contributed by atoms with van der Waals surface area (Å²) >= 11 is 4.21. The molecule has 9 heteroatoms. The number of hydrogen-bond acceptors (Lipinski definition) is 8. The molecule has 24 heavy (non-hydrogen) atoms. The van der Waals surface area contributed by atoms with Gasteiger partial charge < -0.3 is 4.74 Å². The van der Waals surface area contributed by atoms with E-state index in [1.807, 2.05) is 23.8 Å². The number of amides is 1. The number of thiophene rings is 1. The van der Waals surface area contributed by atoms with Crippen LogP contribution in [0.25, 0.3) is 10.6 Å². The minimum Gasteiger partial charge on any atom is -0.469 e. The molecular weight excluding hydrogens is 366 g/mol. The highest BCUT2D eigenvalue weighted by molar-refractivity contribution is 7.18. The number of rotatable bonds is 5. The van der Waals surface area contributed by atoms with E-state index in [1.165, 1.54) is 29.8 Å². The quantitative estimate of drug-likeness (QED) is 0.685. The van der Waals surface area contributed by atoms with Gasteiger partial charge in [-0.3, -0.25) is 14.9 Å². The van der Waals surface area contributed by atoms with Crippen molar-refractivity contribution < 1.29 is 14.3 Å². The minimum absolute atomic E-state index is 0.0881. The Hall–Kier alpha value is -2.10. The molecule has 3 aromatic rings. The summed E-state index contributed by atoms with van der Waals surface area (Å²) in [5.41, 5.74) is 2.27. The summed E-state index contributed by atoms with van der Waals surface area (Å²) in [5.74, 6) is -0.609. The molecule has 3 rings (SSSR count). The van der Waals surface area contributed by atoms with Crippen LogP contribution in [0, 0.1) is 6.92 Å². The van der Waals surface area contributed by atoms with E-state index in [9.17, 15) is 9.59 Å². The van der Waals surface area contributed by atoms with Gasteiger partial charge in [0, 0.05) is 16.3 Å². The first-order valence-corrected chi connectivity index (χ1v) is 9.53. The molecule has 1 N–H and O–H groups in total. The molecule has 0 spiro atoms. The van der Waals surface area contributed by atoms with Crippen molar-refractivity contribution in [3.8, 4) is 10.6 Å². The topological polar surface area (TPSA) is 81.2 Å². The smallest absolute Gasteiger partial charge is 0.311 e. The van der Waals surface area contributed by atoms with Gasteiger partial charge in [-0.1, -0.05) is 0 Å². The number of carbonyl (C=O) groups excluding carboxylic acids is 2. The van der Waals surface area contributed by atoms with Crippen molar-refractivity contribution in [2.75, 3.05) is 12.4 Å². The fourth-order valence-electron chi connectivity index (χ4n) is 1.94. The molecule has 6 nitrogen and oxygen atoms in total. The van der Waals surface area contributed by atoms with Crippen LogP contribution in [0.1, 0.15) is 21.1 Å². The third kappa shape index (κ3) is 3.69. The summed E-state index contributed by atoms with van der Waals surface area (Å²) in [6.07, 6.45) is 0.0881. The maximum atomic E-state index is 12.4. The zero-order valence-corrected chi connectivity index (χ0v) is 15.3. The largest absolute Gasteiger partial charge is 0.469 e. The molecule has 0 aliphatic heterocycles. The third-order valence-corrected chi connectivity index (χ3v) is 5.79. The first-order valence-electron chi connectivity index (χ1n) is 6.89. The second-order valence-corrected chi connectivity index (χ2v) is 7.43. The highest BCUT2D eigenvalue weighted by atomic mass is 32.1. The van der Waals surface area contributed by atoms with Crippen molar-refractivity contribution in [2.45, 2.75) is 13.3 Å². The summed E-state index contributed by atoms with van der Waals surface area (Å²) in [4.78, 5) is 32.9. The Morgan fingerprint density at radius 1 is 1.29 bits per heavy atom. The fourth-order valence-corrected chi connectivity index (χ4v) is 4.31. The summed E-state index contributed by atoms with van der Waals surface area (Å²) in [6, 6.07) is 1.98. The molecule has 3 heterocycles. The average Bonchev–Trinajstić information content (AvgIpc) is 3.27. The lowest BCUT2D eigenvalue weighted by molar-refractivity contribution is -0.139. The number of aromatic nitrogens is 2. The number of ether oxygens (including phenoxy) is 1. The number of esters is 1. The number of thiazole rings is 2. The van der Waals surface area contributed by atoms with Gasteiger partial charge in [0.2, 0.25) is 0 Å². The second-order valence-electron chi connectivity index (χ2n) is 4.80. The first-order chi connectivity index (χ1) is 11.6. The molecule has 0 aliphatic rings. The number of hydrogen-bond donors (Lipinski definition) is 1. The summed E-state index contributed by atoms with van der Waals surface area (Å²) < 4.78 is 4.60. The Balaban J connectivity index is 1.72. The number of nitrogens with one attached hydrogen (secondary N) is 1. The first kappa shape index (κ1) is 16.7. The van der Waals surface area contributed by atoms with Gasteiger partial charge >= 0.3 is 5.97 Å². The molecule has 3 aromatic heterocycles. The summed E-state index contributed by atoms with van der Waals surface area (Å²) in [6.45, 7) is 1.81. The third-order valence-electron chi connectivity index (χ3n) is 3.10. The maximum absolute atomic E-state index is 12.4. The van der Waals surface area contributed by atoms with E-state index in [0.717, 1.165) is 10.6 Å². The Bertz CT molecular complexity index is 868. The van der Waals surface area contributed by atoms with Crippen LogP contribution in [-0.2, 0) is 16.0 Å². The van der Waals surface area contributed by atoms with E-state index >= 15 is 0 Å². The Morgan fingerprint density at radius 2 is 2.12 bits per heavy atom. The predicted molar refractivity (Wildman–Crippen MR) is 96.0 cm³/mol. The predicted octanol–water partition coefficient (Wildman–Crippen LogP) is 3.60. The van der Waals surface area contributed by atoms with E-state index in [0.29, 0.717) is 21.4 Å². The van der Waals surface area contributed by atoms with Gasteiger partial charge in [0.05, 0.1) is 24.9 Å². The lowest BCUT2D eigenvalue weighted by Gasteiger charge is -1.99. The molecule has 0 atom stereocenters. The Labute approximate surface area is 150 Å². The molecular formula is C15H13N3O3S3. The van der Waals surface area contributed by atoms with Crippen LogP contribution in [0.3, 0.4) is 0 Å². The number of nitrogens with zero attached hydrogens (tertiary/aromatic N) is 2. The number of anilines is 1. The molecule has 0 saturated carbocycles. The van der Waals surface area contributed by atoms with Gasteiger partial charge in [-0.15, -0.1) is 22.7 Å². The van der Waals surface area contributed by atoms with Gasteiger partial charge in [-0.2, -0.15) is 11.3 Å². The van der Waals surface area contributed by atoms with Crippen molar-refractivity contribution in [2.24, 2.45) is 0 Å². The van der Waals surface area contributed by atoms with Crippen LogP contribution in [0.5, 0.6) is 0 Å². The molecule has 0 radical (unpaired) electrons. The van der Waals surface area contributed by atoms with E-state index in [1.54, 1.807) is 16.7 Å². The zero-order chi connectivity index (χ0) is 17.1. The van der Waals surface area contributed by atoms with Crippen LogP contribution in [0.15, 0.2) is 22.2 Å². The van der Waals surface area contributed by atoms with E-state index < -0.39 is 0 Å². The second kappa shape index (κ2) is 7.20. The fraction of sp³-hybridized carbons (Fsp3) is 0.200. The molecule has 0 bridgehead atoms. The number of methoxy groups -OCH3 is 1. The normalized spacial score (nSPS) is 10.6. The van der Waals surface area contributed by atoms with Gasteiger partial charge in [0.1, 0.15) is 9.88 Å². The van der Waals surface area contributed by atoms with Gasteiger partial charge in [-0.25, -0.2) is 9.97 Å². The average molecular weight is 379 g/mol. The van der Waals surface area contributed by atoms with Gasteiger partial charge in [0.25, 0.3) is 5.91 Å². The van der Waals surface area contributed by atoms with Crippen LogP contribution in [0.2, 0.25) is 0 Å². The van der Waals surface area contributed by atoms with E-state index in [-0.39, 0.29) is 18.3 Å². The standard InChI is InChI=1S/C15H13N3O3S3/c1-8-12(24-14(16-8)9-3-4-22-6-9)13(20)18-15-17-10(7-23-15)5-11(19)21-2/h3-4,6-7H,5H2,1-2H3,(H,17,18,20). The highest BCUT2D eigenvalue weighted by Crippen LogP contribution is 2.30. The highest BCUT2D eigenvalue weighted by Gasteiger charge is 2.18. The lowest BCUT2D eigenvalue weighted by Crippen LogP contribution is -2.11. The Kier molecular flexibility index (Phi) is 5.03. The molecule has 0 fully saturated rings. The van der Waals surface area contributed by atoms with Crippen molar-refractivity contribution in [1.29, 1.82) is 0 Å². The summed E-state index contributed by atoms with van der Waals surface area (Å²) in [5, 5.41) is 9.73. The lowest BCUT2D eigenvalue weighted by atomic mass is 10.3. The zero-order valence-electron chi connectivity index (χ0n) is 12.9. The molecule has 0 unspecified atom stereocenters. The number of carbonyl (C=O) groups is 2. The van der Waals surface area contributed by atoms with Crippen molar-refractivity contribution >= 4 is 51.0 Å². The monoisotopic (exact) mass is 379 g/mol. The SMILES string of the molecule is COC(=O)Cc1csc(NC(=O)c2sc(-c3ccsc3)nc2C)n1. The Morgan fingerprint density at radius 3 is 2.83 bits per heavy atom. The maximum Gasteiger partial charge on any atom is 0.311 e. The molecule has 0 aliphatic carbocycles. The molecule has 124 valence electrons. The molecule has 0 aromatic carbocycles. The van der Waals surface area contributed by atoms with Crippen LogP contribution < -0.4 is 5.32 Å².